The number of methoxy groups -OCH3 is 1. The highest BCUT2D eigenvalue weighted by Gasteiger charge is 2.13. The van der Waals surface area contributed by atoms with Gasteiger partial charge in [-0.3, -0.25) is 0 Å². The van der Waals surface area contributed by atoms with Crippen molar-refractivity contribution < 1.29 is 19.4 Å². The molecule has 2 aromatic carbocycles. The Morgan fingerprint density at radius 1 is 1.10 bits per heavy atom. The second-order valence-corrected chi connectivity index (χ2v) is 4.75. The van der Waals surface area contributed by atoms with Gasteiger partial charge in [0.2, 0.25) is 0 Å². The lowest BCUT2D eigenvalue weighted by Crippen LogP contribution is -2.06. The standard InChI is InChI=1S/C17H18O4/c1-12-3-8-16(15(9-12)17(19)20-2)21-11-14-6-4-13(10-18)5-7-14/h3-9,18H,10-11H2,1-2H3. The van der Waals surface area contributed by atoms with Gasteiger partial charge in [0, 0.05) is 0 Å². The molecule has 0 bridgehead atoms. The number of hydrogen-bond donors (Lipinski definition) is 1. The molecule has 0 aromatic heterocycles. The van der Waals surface area contributed by atoms with Crippen molar-refractivity contribution in [2.75, 3.05) is 7.11 Å². The van der Waals surface area contributed by atoms with E-state index < -0.39 is 5.97 Å². The smallest absolute Gasteiger partial charge is 0.341 e. The number of aliphatic hydroxyl groups is 1. The third-order valence-corrected chi connectivity index (χ3v) is 3.14. The highest BCUT2D eigenvalue weighted by molar-refractivity contribution is 5.92. The van der Waals surface area contributed by atoms with Gasteiger partial charge in [-0.05, 0) is 30.2 Å². The Morgan fingerprint density at radius 2 is 1.76 bits per heavy atom. The first-order valence-corrected chi connectivity index (χ1v) is 6.64. The van der Waals surface area contributed by atoms with E-state index in [1.807, 2.05) is 37.3 Å². The minimum atomic E-state index is -0.413. The van der Waals surface area contributed by atoms with Crippen molar-refractivity contribution in [1.29, 1.82) is 0 Å². The Balaban J connectivity index is 2.13. The Labute approximate surface area is 123 Å². The number of aryl methyl sites for hydroxylation is 1. The van der Waals surface area contributed by atoms with Crippen molar-refractivity contribution in [3.63, 3.8) is 0 Å². The van der Waals surface area contributed by atoms with Gasteiger partial charge in [0.1, 0.15) is 17.9 Å². The van der Waals surface area contributed by atoms with Crippen LogP contribution in [0.25, 0.3) is 0 Å². The van der Waals surface area contributed by atoms with Crippen LogP contribution in [-0.4, -0.2) is 18.2 Å². The molecule has 0 atom stereocenters. The highest BCUT2D eigenvalue weighted by Crippen LogP contribution is 2.22. The third-order valence-electron chi connectivity index (χ3n) is 3.14. The molecule has 0 unspecified atom stereocenters. The van der Waals surface area contributed by atoms with E-state index >= 15 is 0 Å². The SMILES string of the molecule is COC(=O)c1cc(C)ccc1OCc1ccc(CO)cc1. The maximum Gasteiger partial charge on any atom is 0.341 e. The monoisotopic (exact) mass is 286 g/mol. The average Bonchev–Trinajstić information content (AvgIpc) is 2.53. The first-order chi connectivity index (χ1) is 10.1. The molecule has 0 aliphatic carbocycles. The summed E-state index contributed by atoms with van der Waals surface area (Å²) in [4.78, 5) is 11.8. The Kier molecular flexibility index (Phi) is 4.95. The summed E-state index contributed by atoms with van der Waals surface area (Å²) in [5.74, 6) is 0.0861. The minimum absolute atomic E-state index is 0.0194. The molecule has 4 nitrogen and oxygen atoms in total. The van der Waals surface area contributed by atoms with Gasteiger partial charge in [0.25, 0.3) is 0 Å². The highest BCUT2D eigenvalue weighted by atomic mass is 16.5. The molecule has 0 spiro atoms. The van der Waals surface area contributed by atoms with Crippen molar-refractivity contribution in [2.45, 2.75) is 20.1 Å². The molecule has 0 aliphatic heterocycles. The molecule has 0 amide bonds. The number of ether oxygens (including phenoxy) is 2. The second kappa shape index (κ2) is 6.90. The predicted octanol–water partition coefficient (Wildman–Crippen LogP) is 2.85. The van der Waals surface area contributed by atoms with Crippen molar-refractivity contribution in [2.24, 2.45) is 0 Å². The summed E-state index contributed by atoms with van der Waals surface area (Å²) in [5, 5.41) is 9.00. The van der Waals surface area contributed by atoms with Crippen LogP contribution in [0.5, 0.6) is 5.75 Å². The van der Waals surface area contributed by atoms with Crippen molar-refractivity contribution in [3.05, 3.63) is 64.7 Å². The van der Waals surface area contributed by atoms with Gasteiger partial charge < -0.3 is 14.6 Å². The Bertz CT molecular complexity index is 617. The maximum absolute atomic E-state index is 11.8. The number of rotatable bonds is 5. The molecule has 0 radical (unpaired) electrons. The van der Waals surface area contributed by atoms with Crippen LogP contribution in [-0.2, 0) is 18.0 Å². The fraction of sp³-hybridized carbons (Fsp3) is 0.235. The van der Waals surface area contributed by atoms with E-state index in [2.05, 4.69) is 0 Å². The van der Waals surface area contributed by atoms with Gasteiger partial charge in [-0.15, -0.1) is 0 Å². The zero-order valence-electron chi connectivity index (χ0n) is 12.1. The molecule has 1 N–H and O–H groups in total. The predicted molar refractivity (Wildman–Crippen MR) is 79.2 cm³/mol. The summed E-state index contributed by atoms with van der Waals surface area (Å²) in [6, 6.07) is 12.9. The van der Waals surface area contributed by atoms with Crippen LogP contribution in [0.15, 0.2) is 42.5 Å². The molecule has 0 heterocycles. The summed E-state index contributed by atoms with van der Waals surface area (Å²) >= 11 is 0. The molecule has 4 heteroatoms. The quantitative estimate of drug-likeness (QED) is 0.859. The molecular formula is C17H18O4. The Morgan fingerprint density at radius 3 is 2.38 bits per heavy atom. The maximum atomic E-state index is 11.8. The van der Waals surface area contributed by atoms with E-state index in [1.165, 1.54) is 7.11 Å². The Hall–Kier alpha value is -2.33. The topological polar surface area (TPSA) is 55.8 Å². The third kappa shape index (κ3) is 3.83. The summed E-state index contributed by atoms with van der Waals surface area (Å²) in [6.45, 7) is 2.27. The van der Waals surface area contributed by atoms with E-state index in [9.17, 15) is 4.79 Å². The van der Waals surface area contributed by atoms with Gasteiger partial charge in [0.05, 0.1) is 13.7 Å². The zero-order valence-corrected chi connectivity index (χ0v) is 12.1. The zero-order chi connectivity index (χ0) is 15.2. The van der Waals surface area contributed by atoms with Crippen molar-refractivity contribution in [3.8, 4) is 5.75 Å². The summed E-state index contributed by atoms with van der Waals surface area (Å²) in [7, 11) is 1.35. The largest absolute Gasteiger partial charge is 0.488 e. The molecule has 21 heavy (non-hydrogen) atoms. The van der Waals surface area contributed by atoms with E-state index in [1.54, 1.807) is 12.1 Å². The van der Waals surface area contributed by atoms with E-state index in [0.29, 0.717) is 17.9 Å². The molecule has 0 aliphatic rings. The van der Waals surface area contributed by atoms with E-state index in [-0.39, 0.29) is 6.61 Å². The second-order valence-electron chi connectivity index (χ2n) is 4.75. The van der Waals surface area contributed by atoms with Gasteiger partial charge in [-0.25, -0.2) is 4.79 Å². The van der Waals surface area contributed by atoms with Gasteiger partial charge in [-0.2, -0.15) is 0 Å². The van der Waals surface area contributed by atoms with Crippen LogP contribution in [0.4, 0.5) is 0 Å². The van der Waals surface area contributed by atoms with Crippen LogP contribution in [0.1, 0.15) is 27.0 Å². The van der Waals surface area contributed by atoms with Crippen LogP contribution in [0.3, 0.4) is 0 Å². The van der Waals surface area contributed by atoms with Gasteiger partial charge in [-0.1, -0.05) is 35.9 Å². The van der Waals surface area contributed by atoms with Crippen LogP contribution < -0.4 is 4.74 Å². The lowest BCUT2D eigenvalue weighted by atomic mass is 10.1. The van der Waals surface area contributed by atoms with Crippen LogP contribution in [0.2, 0.25) is 0 Å². The number of hydrogen-bond acceptors (Lipinski definition) is 4. The minimum Gasteiger partial charge on any atom is -0.488 e. The molecular weight excluding hydrogens is 268 g/mol. The average molecular weight is 286 g/mol. The first-order valence-electron chi connectivity index (χ1n) is 6.64. The normalized spacial score (nSPS) is 10.2. The van der Waals surface area contributed by atoms with E-state index in [0.717, 1.165) is 16.7 Å². The van der Waals surface area contributed by atoms with Gasteiger partial charge >= 0.3 is 5.97 Å². The molecule has 2 rings (SSSR count). The number of esters is 1. The van der Waals surface area contributed by atoms with Crippen molar-refractivity contribution >= 4 is 5.97 Å². The van der Waals surface area contributed by atoms with Crippen molar-refractivity contribution in [1.82, 2.24) is 0 Å². The molecule has 0 fully saturated rings. The lowest BCUT2D eigenvalue weighted by molar-refractivity contribution is 0.0595. The first kappa shape index (κ1) is 15.1. The molecule has 0 saturated carbocycles. The lowest BCUT2D eigenvalue weighted by Gasteiger charge is -2.11. The number of aliphatic hydroxyl groups excluding tert-OH is 1. The fourth-order valence-electron chi connectivity index (χ4n) is 1.94. The molecule has 110 valence electrons. The summed E-state index contributed by atoms with van der Waals surface area (Å²) < 4.78 is 10.5. The fourth-order valence-corrected chi connectivity index (χ4v) is 1.94. The number of benzene rings is 2. The van der Waals surface area contributed by atoms with Crippen LogP contribution >= 0.6 is 0 Å². The summed E-state index contributed by atoms with van der Waals surface area (Å²) in [6.07, 6.45) is 0. The van der Waals surface area contributed by atoms with E-state index in [4.69, 9.17) is 14.6 Å². The number of carbonyl (C=O) groups is 1. The van der Waals surface area contributed by atoms with Crippen LogP contribution in [0, 0.1) is 6.92 Å². The molecule has 2 aromatic rings. The summed E-state index contributed by atoms with van der Waals surface area (Å²) in [5.41, 5.74) is 3.20. The number of carbonyl (C=O) groups excluding carboxylic acids is 1. The molecule has 0 saturated heterocycles. The van der Waals surface area contributed by atoms with Gasteiger partial charge in [0.15, 0.2) is 0 Å².